The van der Waals surface area contributed by atoms with Gasteiger partial charge in [0.1, 0.15) is 0 Å². The van der Waals surface area contributed by atoms with Crippen LogP contribution in [0.25, 0.3) is 0 Å². The van der Waals surface area contributed by atoms with Crippen LogP contribution in [0.4, 0.5) is 0 Å². The van der Waals surface area contributed by atoms with Crippen molar-refractivity contribution in [3.05, 3.63) is 28.2 Å². The molecule has 1 aliphatic heterocycles. The summed E-state index contributed by atoms with van der Waals surface area (Å²) < 4.78 is 0. The van der Waals surface area contributed by atoms with Crippen LogP contribution in [0.5, 0.6) is 0 Å². The standard InChI is InChI=1S/C15H20Cl2N2OS/c1-2-19-8-6-11(7-9-19)18-14(20)10-21-15-12(16)4-3-5-13(15)17/h3-5,11H,2,6-10H2,1H3,(H,18,20)/p+1. The zero-order chi connectivity index (χ0) is 15.2. The van der Waals surface area contributed by atoms with Gasteiger partial charge in [-0.2, -0.15) is 0 Å². The molecule has 1 saturated heterocycles. The summed E-state index contributed by atoms with van der Waals surface area (Å²) in [6.07, 6.45) is 2.12. The van der Waals surface area contributed by atoms with E-state index in [2.05, 4.69) is 12.2 Å². The summed E-state index contributed by atoms with van der Waals surface area (Å²) in [4.78, 5) is 14.4. The number of hydrogen-bond acceptors (Lipinski definition) is 2. The maximum atomic E-state index is 12.0. The SMILES string of the molecule is CC[NH+]1CCC(NC(=O)CSc2c(Cl)cccc2Cl)CC1. The summed E-state index contributed by atoms with van der Waals surface area (Å²) >= 11 is 13.6. The molecule has 0 bridgehead atoms. The van der Waals surface area contributed by atoms with Crippen molar-refractivity contribution in [2.75, 3.05) is 25.4 Å². The van der Waals surface area contributed by atoms with Gasteiger partial charge < -0.3 is 10.2 Å². The number of likely N-dealkylation sites (tertiary alicyclic amines) is 1. The molecule has 1 amide bonds. The van der Waals surface area contributed by atoms with Crippen molar-refractivity contribution in [2.45, 2.75) is 30.7 Å². The molecule has 1 aliphatic rings. The molecule has 0 radical (unpaired) electrons. The molecule has 1 fully saturated rings. The van der Waals surface area contributed by atoms with E-state index in [9.17, 15) is 4.79 Å². The van der Waals surface area contributed by atoms with Crippen molar-refractivity contribution in [2.24, 2.45) is 0 Å². The van der Waals surface area contributed by atoms with Gasteiger partial charge in [-0.25, -0.2) is 0 Å². The minimum absolute atomic E-state index is 0.0564. The van der Waals surface area contributed by atoms with E-state index in [0.717, 1.165) is 30.8 Å². The first-order valence-electron chi connectivity index (χ1n) is 7.30. The molecule has 0 saturated carbocycles. The van der Waals surface area contributed by atoms with Crippen molar-refractivity contribution < 1.29 is 9.69 Å². The highest BCUT2D eigenvalue weighted by atomic mass is 35.5. The average Bonchev–Trinajstić information content (AvgIpc) is 2.47. The number of halogens is 2. The first kappa shape index (κ1) is 16.9. The monoisotopic (exact) mass is 347 g/mol. The third-order valence-electron chi connectivity index (χ3n) is 3.82. The zero-order valence-electron chi connectivity index (χ0n) is 12.1. The fourth-order valence-electron chi connectivity index (χ4n) is 2.55. The molecular weight excluding hydrogens is 327 g/mol. The predicted molar refractivity (Wildman–Crippen MR) is 89.6 cm³/mol. The third-order valence-corrected chi connectivity index (χ3v) is 5.81. The van der Waals surface area contributed by atoms with Gasteiger partial charge >= 0.3 is 0 Å². The number of hydrogen-bond donors (Lipinski definition) is 2. The molecule has 2 rings (SSSR count). The van der Waals surface area contributed by atoms with Crippen LogP contribution in [0.3, 0.4) is 0 Å². The second-order valence-corrected chi connectivity index (χ2v) is 7.08. The van der Waals surface area contributed by atoms with Crippen LogP contribution < -0.4 is 10.2 Å². The fraction of sp³-hybridized carbons (Fsp3) is 0.533. The molecule has 0 spiro atoms. The third kappa shape index (κ3) is 5.06. The number of nitrogens with one attached hydrogen (secondary N) is 2. The molecular formula is C15H21Cl2N2OS+. The summed E-state index contributed by atoms with van der Waals surface area (Å²) in [5, 5.41) is 4.31. The molecule has 116 valence electrons. The first-order chi connectivity index (χ1) is 10.1. The lowest BCUT2D eigenvalue weighted by atomic mass is 10.1. The highest BCUT2D eigenvalue weighted by Crippen LogP contribution is 2.33. The lowest BCUT2D eigenvalue weighted by Crippen LogP contribution is -3.13. The van der Waals surface area contributed by atoms with Gasteiger partial charge in [-0.3, -0.25) is 4.79 Å². The van der Waals surface area contributed by atoms with E-state index >= 15 is 0 Å². The Kier molecular flexibility index (Phi) is 6.68. The highest BCUT2D eigenvalue weighted by Gasteiger charge is 2.22. The smallest absolute Gasteiger partial charge is 0.230 e. The van der Waals surface area contributed by atoms with Crippen LogP contribution in [0.2, 0.25) is 10.0 Å². The molecule has 21 heavy (non-hydrogen) atoms. The Bertz CT molecular complexity index is 470. The number of benzene rings is 1. The van der Waals surface area contributed by atoms with E-state index in [0.29, 0.717) is 21.8 Å². The normalized spacial score (nSPS) is 22.0. The Balaban J connectivity index is 1.78. The van der Waals surface area contributed by atoms with Crippen LogP contribution >= 0.6 is 35.0 Å². The Hall–Kier alpha value is -0.420. The van der Waals surface area contributed by atoms with Gasteiger partial charge in [0.25, 0.3) is 0 Å². The van der Waals surface area contributed by atoms with Crippen LogP contribution in [0.15, 0.2) is 23.1 Å². The maximum absolute atomic E-state index is 12.0. The topological polar surface area (TPSA) is 33.5 Å². The molecule has 1 heterocycles. The lowest BCUT2D eigenvalue weighted by molar-refractivity contribution is -0.903. The Morgan fingerprint density at radius 1 is 1.33 bits per heavy atom. The van der Waals surface area contributed by atoms with Gasteiger partial charge in [-0.05, 0) is 19.1 Å². The average molecular weight is 348 g/mol. The molecule has 1 aromatic carbocycles. The maximum Gasteiger partial charge on any atom is 0.230 e. The second kappa shape index (κ2) is 8.28. The van der Waals surface area contributed by atoms with Crippen molar-refractivity contribution in [3.8, 4) is 0 Å². The van der Waals surface area contributed by atoms with Crippen molar-refractivity contribution in [3.63, 3.8) is 0 Å². The molecule has 0 unspecified atom stereocenters. The van der Waals surface area contributed by atoms with Crippen molar-refractivity contribution in [1.29, 1.82) is 0 Å². The van der Waals surface area contributed by atoms with Crippen molar-refractivity contribution in [1.82, 2.24) is 5.32 Å². The highest BCUT2D eigenvalue weighted by molar-refractivity contribution is 8.00. The summed E-state index contributed by atoms with van der Waals surface area (Å²) in [6, 6.07) is 5.70. The molecule has 3 nitrogen and oxygen atoms in total. The quantitative estimate of drug-likeness (QED) is 0.801. The molecule has 0 aromatic heterocycles. The van der Waals surface area contributed by atoms with E-state index < -0.39 is 0 Å². The molecule has 6 heteroatoms. The molecule has 0 aliphatic carbocycles. The van der Waals surface area contributed by atoms with Gasteiger partial charge in [-0.1, -0.05) is 29.3 Å². The summed E-state index contributed by atoms with van der Waals surface area (Å²) in [7, 11) is 0. The molecule has 1 aromatic rings. The van der Waals surface area contributed by atoms with Gasteiger partial charge in [0.05, 0.1) is 35.4 Å². The number of quaternary nitrogens is 1. The van der Waals surface area contributed by atoms with Crippen LogP contribution in [-0.2, 0) is 4.79 Å². The van der Waals surface area contributed by atoms with Gasteiger partial charge in [0, 0.05) is 23.8 Å². The fourth-order valence-corrected chi connectivity index (χ4v) is 4.05. The number of rotatable bonds is 5. The largest absolute Gasteiger partial charge is 0.352 e. The number of carbonyl (C=O) groups excluding carboxylic acids is 1. The van der Waals surface area contributed by atoms with E-state index in [1.807, 2.05) is 0 Å². The molecule has 2 N–H and O–H groups in total. The van der Waals surface area contributed by atoms with E-state index in [4.69, 9.17) is 23.2 Å². The number of amides is 1. The van der Waals surface area contributed by atoms with Gasteiger partial charge in [0.15, 0.2) is 0 Å². The summed E-state index contributed by atoms with van der Waals surface area (Å²) in [6.45, 7) is 5.66. The van der Waals surface area contributed by atoms with Crippen LogP contribution in [0, 0.1) is 0 Å². The number of thioether (sulfide) groups is 1. The Labute approximate surface area is 140 Å². The van der Waals surface area contributed by atoms with Crippen LogP contribution in [-0.4, -0.2) is 37.3 Å². The minimum atomic E-state index is 0.0564. The van der Waals surface area contributed by atoms with Gasteiger partial charge in [0.2, 0.25) is 5.91 Å². The summed E-state index contributed by atoms with van der Waals surface area (Å²) in [5.41, 5.74) is 0. The lowest BCUT2D eigenvalue weighted by Gasteiger charge is -2.28. The van der Waals surface area contributed by atoms with Crippen molar-refractivity contribution >= 4 is 40.9 Å². The summed E-state index contributed by atoms with van der Waals surface area (Å²) in [5.74, 6) is 0.408. The van der Waals surface area contributed by atoms with E-state index in [1.54, 1.807) is 23.1 Å². The van der Waals surface area contributed by atoms with E-state index in [1.165, 1.54) is 18.3 Å². The number of carbonyl (C=O) groups is 1. The molecule has 0 atom stereocenters. The number of piperidine rings is 1. The zero-order valence-corrected chi connectivity index (χ0v) is 14.5. The van der Waals surface area contributed by atoms with Crippen LogP contribution in [0.1, 0.15) is 19.8 Å². The predicted octanol–water partition coefficient (Wildman–Crippen LogP) is 2.27. The first-order valence-corrected chi connectivity index (χ1v) is 9.04. The Morgan fingerprint density at radius 2 is 1.95 bits per heavy atom. The Morgan fingerprint density at radius 3 is 2.52 bits per heavy atom. The minimum Gasteiger partial charge on any atom is -0.352 e. The van der Waals surface area contributed by atoms with Gasteiger partial charge in [-0.15, -0.1) is 11.8 Å². The van der Waals surface area contributed by atoms with E-state index in [-0.39, 0.29) is 5.91 Å². The second-order valence-electron chi connectivity index (χ2n) is 5.28.